The molecule has 1 aromatic heterocycles. The topological polar surface area (TPSA) is 36.5 Å². The highest BCUT2D eigenvalue weighted by Crippen LogP contribution is 2.17. The number of nitrogens with zero attached hydrogens (tertiary/aromatic N) is 2. The van der Waals surface area contributed by atoms with Gasteiger partial charge >= 0.3 is 8.80 Å². The van der Waals surface area contributed by atoms with Gasteiger partial charge in [0, 0.05) is 19.8 Å². The van der Waals surface area contributed by atoms with E-state index in [1.54, 1.807) is 0 Å². The predicted octanol–water partition coefficient (Wildman–Crippen LogP) is 8.09. The molecule has 0 aromatic carbocycles. The molecule has 0 saturated heterocycles. The summed E-state index contributed by atoms with van der Waals surface area (Å²) in [6, 6.07) is 0.816. The molecule has 0 aliphatic carbocycles. The monoisotopic (exact) mass is 511 g/mol. The molecule has 5 nitrogen and oxygen atoms in total. The molecule has 6 heteroatoms. The number of hydrogen-bond acceptors (Lipinski definition) is 3. The molecule has 0 N–H and O–H groups in total. The SMILES string of the molecule is CCCCCCCCCCCCCCCCCC[n+]1ccn(CC[Si](OCC)(OCC)OCC)c1. The molecule has 35 heavy (non-hydrogen) atoms. The van der Waals surface area contributed by atoms with Gasteiger partial charge in [-0.25, -0.2) is 9.13 Å². The van der Waals surface area contributed by atoms with Crippen molar-refractivity contribution in [1.82, 2.24) is 4.57 Å². The van der Waals surface area contributed by atoms with Crippen molar-refractivity contribution in [3.63, 3.8) is 0 Å². The number of imidazole rings is 1. The van der Waals surface area contributed by atoms with Crippen LogP contribution in [0.15, 0.2) is 18.7 Å². The Bertz CT molecular complexity index is 565. The Kier molecular flexibility index (Phi) is 20.8. The number of hydrogen-bond donors (Lipinski definition) is 0. The standard InChI is InChI=1S/C29H59N2O3Si/c1-5-9-10-11-12-13-14-15-16-17-18-19-20-21-22-23-24-30-25-26-31(29-30)27-28-35(32-6-2,33-7-3)34-8-4/h25-26,29H,5-24,27-28H2,1-4H3/q+1. The summed E-state index contributed by atoms with van der Waals surface area (Å²) >= 11 is 0. The van der Waals surface area contributed by atoms with E-state index in [0.29, 0.717) is 19.8 Å². The lowest BCUT2D eigenvalue weighted by molar-refractivity contribution is -0.696. The van der Waals surface area contributed by atoms with E-state index in [4.69, 9.17) is 13.3 Å². The molecular weight excluding hydrogens is 452 g/mol. The lowest BCUT2D eigenvalue weighted by Crippen LogP contribution is -2.46. The van der Waals surface area contributed by atoms with E-state index in [1.807, 2.05) is 20.8 Å². The fraction of sp³-hybridized carbons (Fsp3) is 0.897. The van der Waals surface area contributed by atoms with E-state index < -0.39 is 8.80 Å². The molecule has 0 fully saturated rings. The molecule has 206 valence electrons. The highest BCUT2D eigenvalue weighted by atomic mass is 28.4. The van der Waals surface area contributed by atoms with Gasteiger partial charge < -0.3 is 13.3 Å². The minimum absolute atomic E-state index is 0.636. The molecule has 0 saturated carbocycles. The molecule has 0 radical (unpaired) electrons. The third kappa shape index (κ3) is 16.6. The second-order valence-corrected chi connectivity index (χ2v) is 12.7. The van der Waals surface area contributed by atoms with Crippen molar-refractivity contribution in [2.75, 3.05) is 19.8 Å². The smallest absolute Gasteiger partial charge is 0.374 e. The zero-order valence-electron chi connectivity index (χ0n) is 23.9. The van der Waals surface area contributed by atoms with Gasteiger partial charge in [-0.1, -0.05) is 96.8 Å². The summed E-state index contributed by atoms with van der Waals surface area (Å²) in [4.78, 5) is 0. The van der Waals surface area contributed by atoms with Crippen molar-refractivity contribution in [2.45, 2.75) is 150 Å². The van der Waals surface area contributed by atoms with Crippen molar-refractivity contribution in [3.8, 4) is 0 Å². The molecular formula is C29H59N2O3Si+. The second-order valence-electron chi connectivity index (χ2n) is 9.92. The highest BCUT2D eigenvalue weighted by Gasteiger charge is 2.40. The van der Waals surface area contributed by atoms with Crippen molar-refractivity contribution in [3.05, 3.63) is 18.7 Å². The molecule has 1 rings (SSSR count). The van der Waals surface area contributed by atoms with Gasteiger partial charge in [0.2, 0.25) is 6.33 Å². The molecule has 0 bridgehead atoms. The Morgan fingerprint density at radius 2 is 1.03 bits per heavy atom. The molecule has 0 spiro atoms. The summed E-state index contributed by atoms with van der Waals surface area (Å²) < 4.78 is 22.5. The molecule has 0 aliphatic heterocycles. The Morgan fingerprint density at radius 1 is 0.600 bits per heavy atom. The summed E-state index contributed by atoms with van der Waals surface area (Å²) in [5.74, 6) is 0. The van der Waals surface area contributed by atoms with E-state index >= 15 is 0 Å². The van der Waals surface area contributed by atoms with Gasteiger partial charge in [-0.05, 0) is 33.6 Å². The molecule has 0 atom stereocenters. The molecule has 0 aliphatic rings. The number of rotatable bonds is 26. The summed E-state index contributed by atoms with van der Waals surface area (Å²) in [6.07, 6.45) is 29.2. The molecule has 0 amide bonds. The molecule has 1 aromatic rings. The van der Waals surface area contributed by atoms with Crippen molar-refractivity contribution in [1.29, 1.82) is 0 Å². The Hall–Kier alpha value is -0.693. The first-order valence-corrected chi connectivity index (χ1v) is 17.1. The Morgan fingerprint density at radius 3 is 1.46 bits per heavy atom. The Labute approximate surface area is 219 Å². The number of aryl methyl sites for hydroxylation is 2. The first kappa shape index (κ1) is 32.3. The van der Waals surface area contributed by atoms with Crippen LogP contribution < -0.4 is 4.57 Å². The van der Waals surface area contributed by atoms with Crippen LogP contribution in [0.2, 0.25) is 6.04 Å². The largest absolute Gasteiger partial charge is 0.504 e. The van der Waals surface area contributed by atoms with Crippen LogP contribution in [0, 0.1) is 0 Å². The second kappa shape index (κ2) is 22.5. The van der Waals surface area contributed by atoms with E-state index in [1.165, 1.54) is 103 Å². The van der Waals surface area contributed by atoms with Crippen LogP contribution in [0.4, 0.5) is 0 Å². The van der Waals surface area contributed by atoms with Gasteiger partial charge in [-0.15, -0.1) is 0 Å². The summed E-state index contributed by atoms with van der Waals surface area (Å²) in [6.45, 7) is 12.2. The quantitative estimate of drug-likeness (QED) is 0.0716. The van der Waals surface area contributed by atoms with E-state index in [9.17, 15) is 0 Å². The van der Waals surface area contributed by atoms with Gasteiger partial charge in [-0.2, -0.15) is 0 Å². The molecule has 0 unspecified atom stereocenters. The zero-order valence-corrected chi connectivity index (χ0v) is 24.9. The summed E-state index contributed by atoms with van der Waals surface area (Å²) in [5.41, 5.74) is 0. The predicted molar refractivity (Wildman–Crippen MR) is 150 cm³/mol. The maximum absolute atomic E-state index is 5.98. The zero-order chi connectivity index (χ0) is 25.5. The van der Waals surface area contributed by atoms with Gasteiger partial charge in [0.05, 0.1) is 19.1 Å². The van der Waals surface area contributed by atoms with Crippen molar-refractivity contribution in [2.24, 2.45) is 0 Å². The Balaban J connectivity index is 2.03. The van der Waals surface area contributed by atoms with Crippen LogP contribution in [0.5, 0.6) is 0 Å². The summed E-state index contributed by atoms with van der Waals surface area (Å²) in [7, 11) is -2.56. The van der Waals surface area contributed by atoms with Crippen molar-refractivity contribution >= 4 is 8.80 Å². The van der Waals surface area contributed by atoms with Crippen molar-refractivity contribution < 1.29 is 17.8 Å². The van der Waals surface area contributed by atoms with Gasteiger partial charge in [0.15, 0.2) is 0 Å². The van der Waals surface area contributed by atoms with Crippen LogP contribution in [-0.2, 0) is 26.4 Å². The van der Waals surface area contributed by atoms with Gasteiger partial charge in [0.1, 0.15) is 12.4 Å². The van der Waals surface area contributed by atoms with Crippen LogP contribution in [0.25, 0.3) is 0 Å². The van der Waals surface area contributed by atoms with Crippen LogP contribution in [-0.4, -0.2) is 33.2 Å². The van der Waals surface area contributed by atoms with Crippen LogP contribution in [0.1, 0.15) is 130 Å². The number of unbranched alkanes of at least 4 members (excludes halogenated alkanes) is 15. The first-order valence-electron chi connectivity index (χ1n) is 15.2. The fourth-order valence-electron chi connectivity index (χ4n) is 4.81. The maximum Gasteiger partial charge on any atom is 0.504 e. The number of aromatic nitrogens is 2. The normalized spacial score (nSPS) is 12.0. The fourth-order valence-corrected chi connectivity index (χ4v) is 7.35. The average molecular weight is 512 g/mol. The minimum atomic E-state index is -2.56. The lowest BCUT2D eigenvalue weighted by atomic mass is 10.0. The minimum Gasteiger partial charge on any atom is -0.374 e. The van der Waals surface area contributed by atoms with E-state index in [0.717, 1.165) is 19.1 Å². The first-order chi connectivity index (χ1) is 17.2. The van der Waals surface area contributed by atoms with Crippen LogP contribution >= 0.6 is 0 Å². The van der Waals surface area contributed by atoms with E-state index in [-0.39, 0.29) is 0 Å². The lowest BCUT2D eigenvalue weighted by Gasteiger charge is -2.27. The maximum atomic E-state index is 5.98. The van der Waals surface area contributed by atoms with Gasteiger partial charge in [-0.3, -0.25) is 0 Å². The average Bonchev–Trinajstić information content (AvgIpc) is 3.31. The summed E-state index contributed by atoms with van der Waals surface area (Å²) in [5, 5.41) is 0. The molecule has 1 heterocycles. The van der Waals surface area contributed by atoms with E-state index in [2.05, 4.69) is 34.8 Å². The highest BCUT2D eigenvalue weighted by molar-refractivity contribution is 6.60. The third-order valence-electron chi connectivity index (χ3n) is 6.79. The third-order valence-corrected chi connectivity index (χ3v) is 9.81. The van der Waals surface area contributed by atoms with Crippen LogP contribution in [0.3, 0.4) is 0 Å². The van der Waals surface area contributed by atoms with Gasteiger partial charge in [0.25, 0.3) is 0 Å².